The first kappa shape index (κ1) is 26.2. The molecule has 0 aliphatic heterocycles. The van der Waals surface area contributed by atoms with Crippen LogP contribution in [-0.2, 0) is 21.9 Å². The van der Waals surface area contributed by atoms with Gasteiger partial charge in [0.25, 0.3) is 0 Å². The second-order valence-electron chi connectivity index (χ2n) is 8.27. The molecule has 0 heterocycles. The average molecular weight is 479 g/mol. The van der Waals surface area contributed by atoms with E-state index in [1.807, 2.05) is 52.0 Å². The van der Waals surface area contributed by atoms with Crippen LogP contribution in [0, 0.1) is 18.7 Å². The Labute approximate surface area is 199 Å². The van der Waals surface area contributed by atoms with E-state index in [1.165, 1.54) is 17.8 Å². The number of nitrogens with zero attached hydrogens (tertiary/aromatic N) is 1. The Balaban J connectivity index is 2.16. The van der Waals surface area contributed by atoms with Crippen molar-refractivity contribution in [1.29, 1.82) is 0 Å². The zero-order valence-corrected chi connectivity index (χ0v) is 20.7. The van der Waals surface area contributed by atoms with Crippen LogP contribution in [-0.4, -0.2) is 35.1 Å². The summed E-state index contributed by atoms with van der Waals surface area (Å²) in [5.41, 5.74) is 2.45. The third kappa shape index (κ3) is 7.82. The van der Waals surface area contributed by atoms with Crippen LogP contribution >= 0.6 is 23.4 Å². The number of benzene rings is 2. The van der Waals surface area contributed by atoms with Gasteiger partial charge in [0.2, 0.25) is 11.8 Å². The predicted octanol–water partition coefficient (Wildman–Crippen LogP) is 5.60. The van der Waals surface area contributed by atoms with Crippen molar-refractivity contribution in [3.8, 4) is 0 Å². The highest BCUT2D eigenvalue weighted by Crippen LogP contribution is 2.24. The van der Waals surface area contributed by atoms with E-state index >= 15 is 0 Å². The summed E-state index contributed by atoms with van der Waals surface area (Å²) >= 11 is 7.40. The third-order valence-electron chi connectivity index (χ3n) is 5.04. The second-order valence-corrected chi connectivity index (χ2v) is 9.66. The lowest BCUT2D eigenvalue weighted by molar-refractivity contribution is -0.139. The van der Waals surface area contributed by atoms with Crippen molar-refractivity contribution < 1.29 is 14.0 Å². The number of amides is 2. The number of aryl methyl sites for hydroxylation is 1. The molecule has 0 aliphatic carbocycles. The van der Waals surface area contributed by atoms with Gasteiger partial charge in [-0.15, -0.1) is 11.8 Å². The lowest BCUT2D eigenvalue weighted by atomic mass is 10.1. The fraction of sp³-hybridized carbons (Fsp3) is 0.440. The predicted molar refractivity (Wildman–Crippen MR) is 131 cm³/mol. The van der Waals surface area contributed by atoms with Crippen LogP contribution in [0.2, 0.25) is 5.02 Å². The normalized spacial score (nSPS) is 12.0. The first-order valence-corrected chi connectivity index (χ1v) is 12.4. The van der Waals surface area contributed by atoms with Gasteiger partial charge in [0, 0.05) is 29.4 Å². The van der Waals surface area contributed by atoms with E-state index in [0.717, 1.165) is 11.1 Å². The van der Waals surface area contributed by atoms with Crippen LogP contribution in [0.15, 0.2) is 42.5 Å². The summed E-state index contributed by atoms with van der Waals surface area (Å²) < 4.78 is 14.1. The first-order valence-electron chi connectivity index (χ1n) is 10.9. The average Bonchev–Trinajstić information content (AvgIpc) is 2.74. The van der Waals surface area contributed by atoms with E-state index in [0.29, 0.717) is 36.0 Å². The summed E-state index contributed by atoms with van der Waals surface area (Å²) in [5, 5.41) is 3.30. The molecular formula is C25H32ClFN2O2S. The molecule has 0 bridgehead atoms. The topological polar surface area (TPSA) is 49.4 Å². The molecule has 1 N–H and O–H groups in total. The SMILES string of the molecule is CC[C@H](C(=O)NCC(C)C)N(Cc1cccc(C)c1)C(=O)CSCc1c(F)cccc1Cl. The summed E-state index contributed by atoms with van der Waals surface area (Å²) in [5.74, 6) is 0.0444. The van der Waals surface area contributed by atoms with Gasteiger partial charge in [0.1, 0.15) is 11.9 Å². The molecule has 0 spiro atoms. The molecule has 0 fully saturated rings. The van der Waals surface area contributed by atoms with Gasteiger partial charge in [0.05, 0.1) is 5.75 Å². The zero-order valence-electron chi connectivity index (χ0n) is 19.2. The van der Waals surface area contributed by atoms with Gasteiger partial charge in [-0.2, -0.15) is 0 Å². The monoisotopic (exact) mass is 478 g/mol. The van der Waals surface area contributed by atoms with Crippen LogP contribution in [0.25, 0.3) is 0 Å². The maximum absolute atomic E-state index is 14.1. The molecule has 174 valence electrons. The van der Waals surface area contributed by atoms with Crippen molar-refractivity contribution in [3.63, 3.8) is 0 Å². The Kier molecular flexibility index (Phi) is 10.5. The van der Waals surface area contributed by atoms with E-state index < -0.39 is 6.04 Å². The van der Waals surface area contributed by atoms with Crippen LogP contribution in [0.3, 0.4) is 0 Å². The van der Waals surface area contributed by atoms with Crippen molar-refractivity contribution in [2.75, 3.05) is 12.3 Å². The van der Waals surface area contributed by atoms with Crippen molar-refractivity contribution in [1.82, 2.24) is 10.2 Å². The molecular weight excluding hydrogens is 447 g/mol. The van der Waals surface area contributed by atoms with Gasteiger partial charge in [-0.3, -0.25) is 9.59 Å². The summed E-state index contributed by atoms with van der Waals surface area (Å²) in [6.07, 6.45) is 0.505. The summed E-state index contributed by atoms with van der Waals surface area (Å²) in [6.45, 7) is 8.86. The summed E-state index contributed by atoms with van der Waals surface area (Å²) in [4.78, 5) is 27.8. The minimum Gasteiger partial charge on any atom is -0.354 e. The molecule has 2 rings (SSSR count). The molecule has 0 aromatic heterocycles. The van der Waals surface area contributed by atoms with E-state index in [4.69, 9.17) is 11.6 Å². The number of hydrogen-bond donors (Lipinski definition) is 1. The minimum absolute atomic E-state index is 0.129. The van der Waals surface area contributed by atoms with Crippen molar-refractivity contribution in [2.45, 2.75) is 52.5 Å². The molecule has 0 radical (unpaired) electrons. The van der Waals surface area contributed by atoms with Crippen LogP contribution < -0.4 is 5.32 Å². The number of carbonyl (C=O) groups excluding carboxylic acids is 2. The highest BCUT2D eigenvalue weighted by atomic mass is 35.5. The highest BCUT2D eigenvalue weighted by molar-refractivity contribution is 7.99. The Morgan fingerprint density at radius 3 is 2.53 bits per heavy atom. The molecule has 2 amide bonds. The summed E-state index contributed by atoms with van der Waals surface area (Å²) in [6, 6.07) is 11.9. The Bertz CT molecular complexity index is 902. The number of hydrogen-bond acceptors (Lipinski definition) is 3. The maximum Gasteiger partial charge on any atom is 0.242 e. The third-order valence-corrected chi connectivity index (χ3v) is 6.34. The number of halogens is 2. The van der Waals surface area contributed by atoms with Crippen LogP contribution in [0.4, 0.5) is 4.39 Å². The molecule has 2 aromatic rings. The number of rotatable bonds is 11. The van der Waals surface area contributed by atoms with Gasteiger partial charge in [-0.05, 0) is 37.0 Å². The number of carbonyl (C=O) groups is 2. The lowest BCUT2D eigenvalue weighted by Gasteiger charge is -2.31. The lowest BCUT2D eigenvalue weighted by Crippen LogP contribution is -2.50. The Hall–Kier alpha value is -2.05. The van der Waals surface area contributed by atoms with E-state index in [9.17, 15) is 14.0 Å². The van der Waals surface area contributed by atoms with Crippen LogP contribution in [0.5, 0.6) is 0 Å². The Morgan fingerprint density at radius 2 is 1.91 bits per heavy atom. The molecule has 32 heavy (non-hydrogen) atoms. The fourth-order valence-electron chi connectivity index (χ4n) is 3.34. The quantitative estimate of drug-likeness (QED) is 0.457. The largest absolute Gasteiger partial charge is 0.354 e. The fourth-order valence-corrected chi connectivity index (χ4v) is 4.59. The molecule has 0 aliphatic rings. The van der Waals surface area contributed by atoms with Gasteiger partial charge in [-0.25, -0.2) is 4.39 Å². The first-order chi connectivity index (χ1) is 15.2. The summed E-state index contributed by atoms with van der Waals surface area (Å²) in [7, 11) is 0. The van der Waals surface area contributed by atoms with Gasteiger partial charge >= 0.3 is 0 Å². The molecule has 2 aromatic carbocycles. The van der Waals surface area contributed by atoms with Crippen molar-refractivity contribution >= 4 is 35.2 Å². The molecule has 4 nitrogen and oxygen atoms in total. The van der Waals surface area contributed by atoms with E-state index in [-0.39, 0.29) is 29.1 Å². The molecule has 0 unspecified atom stereocenters. The maximum atomic E-state index is 14.1. The van der Waals surface area contributed by atoms with Crippen molar-refractivity contribution in [2.24, 2.45) is 5.92 Å². The minimum atomic E-state index is -0.570. The van der Waals surface area contributed by atoms with Crippen molar-refractivity contribution in [3.05, 3.63) is 70.0 Å². The Morgan fingerprint density at radius 1 is 1.19 bits per heavy atom. The molecule has 0 saturated carbocycles. The molecule has 7 heteroatoms. The van der Waals surface area contributed by atoms with Gasteiger partial charge < -0.3 is 10.2 Å². The number of nitrogens with one attached hydrogen (secondary N) is 1. The van der Waals surface area contributed by atoms with E-state index in [1.54, 1.807) is 17.0 Å². The molecule has 0 saturated heterocycles. The number of thioether (sulfide) groups is 1. The standard InChI is InChI=1S/C25H32ClFN2O2S/c1-5-23(25(31)28-13-17(2)3)29(14-19-9-6-8-18(4)12-19)24(30)16-32-15-20-21(26)10-7-11-22(20)27/h6-12,17,23H,5,13-16H2,1-4H3,(H,28,31)/t23-/m1/s1. The van der Waals surface area contributed by atoms with Gasteiger partial charge in [0.15, 0.2) is 0 Å². The smallest absolute Gasteiger partial charge is 0.242 e. The van der Waals surface area contributed by atoms with Crippen LogP contribution in [0.1, 0.15) is 43.9 Å². The highest BCUT2D eigenvalue weighted by Gasteiger charge is 2.28. The van der Waals surface area contributed by atoms with E-state index in [2.05, 4.69) is 5.32 Å². The van der Waals surface area contributed by atoms with Gasteiger partial charge in [-0.1, -0.05) is 68.3 Å². The second kappa shape index (κ2) is 12.9. The molecule has 1 atom stereocenters. The zero-order chi connectivity index (χ0) is 23.7.